The van der Waals surface area contributed by atoms with Crippen molar-refractivity contribution in [1.29, 1.82) is 0 Å². The SMILES string of the molecule is COc1ccc2c(c1)CC[n+]1c-2cc2c(-c3ccc(-c4ccccc4)cc3)c(OC)c(OC)cc2c1N(C)C. The topological polar surface area (TPSA) is 34.8 Å². The lowest BCUT2D eigenvalue weighted by Gasteiger charge is -2.25. The highest BCUT2D eigenvalue weighted by atomic mass is 16.5. The van der Waals surface area contributed by atoms with Gasteiger partial charge in [0.1, 0.15) is 11.4 Å². The van der Waals surface area contributed by atoms with Crippen LogP contribution in [-0.2, 0) is 13.0 Å². The Morgan fingerprint density at radius 1 is 0.692 bits per heavy atom. The van der Waals surface area contributed by atoms with Gasteiger partial charge in [0.2, 0.25) is 0 Å². The lowest BCUT2D eigenvalue weighted by molar-refractivity contribution is -0.674. The first-order valence-corrected chi connectivity index (χ1v) is 13.2. The average molecular weight is 518 g/mol. The Balaban J connectivity index is 1.65. The number of benzene rings is 4. The second-order valence-electron chi connectivity index (χ2n) is 10.1. The number of hydrogen-bond acceptors (Lipinski definition) is 4. The molecule has 5 aromatic rings. The Bertz CT molecular complexity index is 1680. The molecule has 0 saturated carbocycles. The summed E-state index contributed by atoms with van der Waals surface area (Å²) in [4.78, 5) is 2.20. The van der Waals surface area contributed by atoms with Gasteiger partial charge in [-0.2, -0.15) is 0 Å². The van der Waals surface area contributed by atoms with Crippen molar-refractivity contribution in [2.24, 2.45) is 0 Å². The second kappa shape index (κ2) is 9.99. The van der Waals surface area contributed by atoms with Crippen LogP contribution >= 0.6 is 0 Å². The normalized spacial score (nSPS) is 12.0. The fourth-order valence-electron chi connectivity index (χ4n) is 5.88. The van der Waals surface area contributed by atoms with Crippen LogP contribution in [-0.4, -0.2) is 35.4 Å². The minimum atomic E-state index is 0.719. The van der Waals surface area contributed by atoms with E-state index in [-0.39, 0.29) is 0 Å². The number of fused-ring (bicyclic) bond motifs is 4. The van der Waals surface area contributed by atoms with Gasteiger partial charge in [0.05, 0.1) is 47.4 Å². The number of pyridine rings is 1. The molecule has 196 valence electrons. The van der Waals surface area contributed by atoms with E-state index in [0.717, 1.165) is 57.9 Å². The van der Waals surface area contributed by atoms with Crippen molar-refractivity contribution >= 4 is 16.6 Å². The number of anilines is 1. The van der Waals surface area contributed by atoms with E-state index in [2.05, 4.69) is 96.4 Å². The molecular weight excluding hydrogens is 484 g/mol. The third kappa shape index (κ3) is 4.15. The van der Waals surface area contributed by atoms with Crippen LogP contribution < -0.4 is 23.7 Å². The van der Waals surface area contributed by atoms with Crippen molar-refractivity contribution in [2.45, 2.75) is 13.0 Å². The molecule has 6 rings (SSSR count). The molecule has 0 amide bonds. The molecule has 5 heteroatoms. The molecule has 39 heavy (non-hydrogen) atoms. The van der Waals surface area contributed by atoms with Gasteiger partial charge in [-0.25, -0.2) is 4.57 Å². The smallest absolute Gasteiger partial charge is 0.284 e. The summed E-state index contributed by atoms with van der Waals surface area (Å²) >= 11 is 0. The maximum absolute atomic E-state index is 6.03. The molecule has 0 saturated heterocycles. The summed E-state index contributed by atoms with van der Waals surface area (Å²) in [6.07, 6.45) is 0.942. The lowest BCUT2D eigenvalue weighted by Crippen LogP contribution is -2.45. The molecule has 0 bridgehead atoms. The van der Waals surface area contributed by atoms with Gasteiger partial charge < -0.3 is 14.2 Å². The van der Waals surface area contributed by atoms with Crippen LogP contribution in [0.1, 0.15) is 5.56 Å². The monoisotopic (exact) mass is 517 g/mol. The van der Waals surface area contributed by atoms with Gasteiger partial charge in [-0.3, -0.25) is 4.90 Å². The van der Waals surface area contributed by atoms with Gasteiger partial charge in [0.25, 0.3) is 5.82 Å². The molecule has 4 aromatic carbocycles. The fourth-order valence-corrected chi connectivity index (χ4v) is 5.88. The first-order chi connectivity index (χ1) is 19.0. The number of methoxy groups -OCH3 is 3. The van der Waals surface area contributed by atoms with Crippen molar-refractivity contribution in [3.8, 4) is 50.8 Å². The molecule has 0 spiro atoms. The lowest BCUT2D eigenvalue weighted by atomic mass is 9.91. The molecule has 5 nitrogen and oxygen atoms in total. The van der Waals surface area contributed by atoms with Crippen molar-refractivity contribution in [3.05, 3.63) is 90.5 Å². The number of aryl methyl sites for hydroxylation is 1. The first kappa shape index (κ1) is 24.8. The Labute approximate surface area is 229 Å². The second-order valence-corrected chi connectivity index (χ2v) is 10.1. The molecule has 0 fully saturated rings. The molecule has 0 radical (unpaired) electrons. The zero-order valence-corrected chi connectivity index (χ0v) is 23.1. The quantitative estimate of drug-likeness (QED) is 0.233. The Morgan fingerprint density at radius 2 is 1.41 bits per heavy atom. The Hall–Kier alpha value is -4.51. The minimum Gasteiger partial charge on any atom is -0.497 e. The predicted molar refractivity (Wildman–Crippen MR) is 158 cm³/mol. The number of ether oxygens (including phenoxy) is 3. The number of nitrogens with zero attached hydrogens (tertiary/aromatic N) is 2. The maximum Gasteiger partial charge on any atom is 0.284 e. The molecular formula is C34H33N2O3+. The third-order valence-corrected chi connectivity index (χ3v) is 7.68. The summed E-state index contributed by atoms with van der Waals surface area (Å²) < 4.78 is 19.9. The largest absolute Gasteiger partial charge is 0.497 e. The van der Waals surface area contributed by atoms with E-state index >= 15 is 0 Å². The number of rotatable bonds is 6. The predicted octanol–water partition coefficient (Wildman–Crippen LogP) is 6.78. The zero-order valence-electron chi connectivity index (χ0n) is 23.1. The highest BCUT2D eigenvalue weighted by molar-refractivity contribution is 6.06. The van der Waals surface area contributed by atoms with Crippen molar-refractivity contribution in [1.82, 2.24) is 0 Å². The molecule has 0 atom stereocenters. The standard InChI is InChI=1S/C34H33N2O3/c1-35(2)34-29-21-31(38-4)33(39-5)32(24-13-11-23(12-14-24)22-9-7-6-8-10-22)28(29)20-30-27-16-15-26(37-3)19-25(27)17-18-36(30)34/h6-16,19-21H,17-18H2,1-5H3/q+1. The summed E-state index contributed by atoms with van der Waals surface area (Å²) in [6.45, 7) is 0.883. The van der Waals surface area contributed by atoms with E-state index in [1.165, 1.54) is 27.9 Å². The molecule has 2 heterocycles. The molecule has 1 aliphatic heterocycles. The van der Waals surface area contributed by atoms with E-state index in [9.17, 15) is 0 Å². The zero-order chi connectivity index (χ0) is 27.1. The van der Waals surface area contributed by atoms with Gasteiger partial charge in [0, 0.05) is 29.0 Å². The van der Waals surface area contributed by atoms with Gasteiger partial charge >= 0.3 is 0 Å². The van der Waals surface area contributed by atoms with Crippen LogP contribution in [0.3, 0.4) is 0 Å². The van der Waals surface area contributed by atoms with Crippen molar-refractivity contribution < 1.29 is 18.8 Å². The Kier molecular flexibility index (Phi) is 6.35. The highest BCUT2D eigenvalue weighted by Gasteiger charge is 2.30. The summed E-state index contributed by atoms with van der Waals surface area (Å²) in [5, 5.41) is 2.25. The molecule has 0 aliphatic carbocycles. The molecule has 1 aliphatic rings. The van der Waals surface area contributed by atoms with Crippen molar-refractivity contribution in [2.75, 3.05) is 40.3 Å². The highest BCUT2D eigenvalue weighted by Crippen LogP contribution is 2.47. The molecule has 1 aromatic heterocycles. The van der Waals surface area contributed by atoms with Crippen LogP contribution in [0.2, 0.25) is 0 Å². The molecule has 0 unspecified atom stereocenters. The third-order valence-electron chi connectivity index (χ3n) is 7.68. The fraction of sp³-hybridized carbons (Fsp3) is 0.206. The maximum atomic E-state index is 6.03. The van der Waals surface area contributed by atoms with Crippen LogP contribution in [0, 0.1) is 0 Å². The van der Waals surface area contributed by atoms with E-state index < -0.39 is 0 Å². The van der Waals surface area contributed by atoms with E-state index in [1.54, 1.807) is 21.3 Å². The molecule has 0 N–H and O–H groups in total. The van der Waals surface area contributed by atoms with E-state index in [4.69, 9.17) is 14.2 Å². The van der Waals surface area contributed by atoms with E-state index in [0.29, 0.717) is 0 Å². The van der Waals surface area contributed by atoms with Crippen LogP contribution in [0.15, 0.2) is 84.9 Å². The average Bonchev–Trinajstić information content (AvgIpc) is 2.98. The minimum absolute atomic E-state index is 0.719. The summed E-state index contributed by atoms with van der Waals surface area (Å²) in [5.41, 5.74) is 8.19. The van der Waals surface area contributed by atoms with Gasteiger partial charge in [0.15, 0.2) is 11.5 Å². The van der Waals surface area contributed by atoms with Gasteiger partial charge in [-0.05, 0) is 46.5 Å². The van der Waals surface area contributed by atoms with Crippen molar-refractivity contribution in [3.63, 3.8) is 0 Å². The summed E-state index contributed by atoms with van der Waals surface area (Å²) in [5.74, 6) is 3.49. The van der Waals surface area contributed by atoms with Crippen LogP contribution in [0.25, 0.3) is 44.3 Å². The number of hydrogen-bond donors (Lipinski definition) is 0. The van der Waals surface area contributed by atoms with Gasteiger partial charge in [-0.1, -0.05) is 54.6 Å². The van der Waals surface area contributed by atoms with Crippen LogP contribution in [0.4, 0.5) is 5.82 Å². The summed E-state index contributed by atoms with van der Waals surface area (Å²) in [6, 6.07) is 30.0. The first-order valence-electron chi connectivity index (χ1n) is 13.2. The number of aromatic nitrogens is 1. The van der Waals surface area contributed by atoms with Gasteiger partial charge in [-0.15, -0.1) is 0 Å². The van der Waals surface area contributed by atoms with Crippen LogP contribution in [0.5, 0.6) is 17.2 Å². The van der Waals surface area contributed by atoms with E-state index in [1.807, 2.05) is 12.1 Å². The summed E-state index contributed by atoms with van der Waals surface area (Å²) in [7, 11) is 9.36. The Morgan fingerprint density at radius 3 is 2.08 bits per heavy atom.